The zero-order valence-corrected chi connectivity index (χ0v) is 17.1. The molecule has 0 saturated carbocycles. The van der Waals surface area contributed by atoms with Crippen LogP contribution in [-0.4, -0.2) is 46.9 Å². The number of aromatic nitrogens is 1. The van der Waals surface area contributed by atoms with Gasteiger partial charge in [-0.05, 0) is 56.2 Å². The Kier molecular flexibility index (Phi) is 6.99. The third kappa shape index (κ3) is 5.54. The minimum atomic E-state index is -0.992. The minimum Gasteiger partial charge on any atom is -0.452 e. The number of nitrogens with one attached hydrogen (secondary N) is 1. The maximum absolute atomic E-state index is 13.0. The second-order valence-electron chi connectivity index (χ2n) is 7.00. The Morgan fingerprint density at radius 1 is 1.17 bits per heavy atom. The molecule has 2 aromatic rings. The van der Waals surface area contributed by atoms with Gasteiger partial charge in [0.05, 0.1) is 10.9 Å². The maximum Gasteiger partial charge on any atom is 0.309 e. The standard InChI is InChI=1S/C21H21ClFN3O4/c1-13(19(27)25-18-7-4-16(22)12-24-18)30-21(29)15-8-10-26(11-9-15)20(28)14-2-5-17(23)6-3-14/h2-7,12-13,15H,8-11H2,1H3,(H,24,25,27). The van der Waals surface area contributed by atoms with E-state index in [2.05, 4.69) is 10.3 Å². The molecule has 1 aliphatic rings. The number of esters is 1. The molecule has 1 saturated heterocycles. The molecule has 1 aromatic carbocycles. The third-order valence-corrected chi connectivity index (χ3v) is 5.07. The van der Waals surface area contributed by atoms with Crippen LogP contribution in [0, 0.1) is 11.7 Å². The number of amides is 2. The molecule has 2 amide bonds. The molecule has 1 atom stereocenters. The van der Waals surface area contributed by atoms with Crippen molar-refractivity contribution in [3.8, 4) is 0 Å². The van der Waals surface area contributed by atoms with Gasteiger partial charge in [0.25, 0.3) is 11.8 Å². The van der Waals surface area contributed by atoms with Gasteiger partial charge < -0.3 is 15.0 Å². The Morgan fingerprint density at radius 3 is 2.43 bits per heavy atom. The number of hydrogen-bond acceptors (Lipinski definition) is 5. The molecule has 1 aliphatic heterocycles. The van der Waals surface area contributed by atoms with Gasteiger partial charge in [0.15, 0.2) is 6.10 Å². The van der Waals surface area contributed by atoms with Gasteiger partial charge in [-0.15, -0.1) is 0 Å². The highest BCUT2D eigenvalue weighted by molar-refractivity contribution is 6.30. The normalized spacial score (nSPS) is 15.4. The second kappa shape index (κ2) is 9.67. The monoisotopic (exact) mass is 433 g/mol. The lowest BCUT2D eigenvalue weighted by atomic mass is 9.96. The summed E-state index contributed by atoms with van der Waals surface area (Å²) in [5.74, 6) is -1.67. The molecule has 1 fully saturated rings. The molecular weight excluding hydrogens is 413 g/mol. The van der Waals surface area contributed by atoms with Gasteiger partial charge in [-0.2, -0.15) is 0 Å². The zero-order chi connectivity index (χ0) is 21.7. The molecule has 2 heterocycles. The summed E-state index contributed by atoms with van der Waals surface area (Å²) >= 11 is 5.75. The summed E-state index contributed by atoms with van der Waals surface area (Å²) in [5.41, 5.74) is 0.401. The van der Waals surface area contributed by atoms with E-state index < -0.39 is 29.7 Å². The smallest absolute Gasteiger partial charge is 0.309 e. The number of nitrogens with zero attached hydrogens (tertiary/aromatic N) is 2. The van der Waals surface area contributed by atoms with Crippen LogP contribution in [-0.2, 0) is 14.3 Å². The molecule has 0 spiro atoms. The first-order valence-corrected chi connectivity index (χ1v) is 9.89. The lowest BCUT2D eigenvalue weighted by Crippen LogP contribution is -2.41. The van der Waals surface area contributed by atoms with Gasteiger partial charge in [-0.1, -0.05) is 11.6 Å². The van der Waals surface area contributed by atoms with E-state index >= 15 is 0 Å². The van der Waals surface area contributed by atoms with Crippen LogP contribution in [0.25, 0.3) is 0 Å². The average molecular weight is 434 g/mol. The van der Waals surface area contributed by atoms with Gasteiger partial charge in [0.2, 0.25) is 0 Å². The lowest BCUT2D eigenvalue weighted by Gasteiger charge is -2.31. The van der Waals surface area contributed by atoms with Crippen LogP contribution in [0.15, 0.2) is 42.6 Å². The largest absolute Gasteiger partial charge is 0.452 e. The van der Waals surface area contributed by atoms with Crippen LogP contribution in [0.2, 0.25) is 5.02 Å². The minimum absolute atomic E-state index is 0.204. The highest BCUT2D eigenvalue weighted by Gasteiger charge is 2.30. The predicted octanol–water partition coefficient (Wildman–Crippen LogP) is 3.30. The molecule has 0 aliphatic carbocycles. The third-order valence-electron chi connectivity index (χ3n) is 4.85. The zero-order valence-electron chi connectivity index (χ0n) is 16.3. The number of likely N-dealkylation sites (tertiary alicyclic amines) is 1. The van der Waals surface area contributed by atoms with E-state index in [9.17, 15) is 18.8 Å². The molecule has 0 radical (unpaired) electrons. The Bertz CT molecular complexity index is 913. The van der Waals surface area contributed by atoms with Crippen molar-refractivity contribution in [3.63, 3.8) is 0 Å². The molecule has 3 rings (SSSR count). The first-order chi connectivity index (χ1) is 14.3. The quantitative estimate of drug-likeness (QED) is 0.731. The first-order valence-electron chi connectivity index (χ1n) is 9.51. The number of benzene rings is 1. The van der Waals surface area contributed by atoms with Crippen molar-refractivity contribution in [1.29, 1.82) is 0 Å². The maximum atomic E-state index is 13.0. The topological polar surface area (TPSA) is 88.6 Å². The Balaban J connectivity index is 1.47. The Labute approximate surface area is 178 Å². The summed E-state index contributed by atoms with van der Waals surface area (Å²) in [6.07, 6.45) is 1.26. The van der Waals surface area contributed by atoms with Crippen molar-refractivity contribution in [2.45, 2.75) is 25.9 Å². The van der Waals surface area contributed by atoms with E-state index in [-0.39, 0.29) is 5.91 Å². The van der Waals surface area contributed by atoms with Crippen LogP contribution in [0.5, 0.6) is 0 Å². The first kappa shape index (κ1) is 21.7. The van der Waals surface area contributed by atoms with E-state index in [1.54, 1.807) is 17.0 Å². The van der Waals surface area contributed by atoms with Gasteiger partial charge in [-0.25, -0.2) is 9.37 Å². The van der Waals surface area contributed by atoms with Crippen molar-refractivity contribution in [2.75, 3.05) is 18.4 Å². The number of ether oxygens (including phenoxy) is 1. The van der Waals surface area contributed by atoms with E-state index in [4.69, 9.17) is 16.3 Å². The van der Waals surface area contributed by atoms with Gasteiger partial charge >= 0.3 is 5.97 Å². The molecule has 30 heavy (non-hydrogen) atoms. The van der Waals surface area contributed by atoms with Crippen LogP contribution in [0.3, 0.4) is 0 Å². The molecule has 0 bridgehead atoms. The molecule has 158 valence electrons. The van der Waals surface area contributed by atoms with Crippen LogP contribution in [0.1, 0.15) is 30.1 Å². The van der Waals surface area contributed by atoms with Gasteiger partial charge in [0, 0.05) is 24.8 Å². The molecule has 1 unspecified atom stereocenters. The van der Waals surface area contributed by atoms with E-state index in [0.29, 0.717) is 42.3 Å². The summed E-state index contributed by atoms with van der Waals surface area (Å²) < 4.78 is 18.3. The van der Waals surface area contributed by atoms with Crippen LogP contribution < -0.4 is 5.32 Å². The number of carbonyl (C=O) groups excluding carboxylic acids is 3. The SMILES string of the molecule is CC(OC(=O)C1CCN(C(=O)c2ccc(F)cc2)CC1)C(=O)Nc1ccc(Cl)cn1. The van der Waals surface area contributed by atoms with Crippen molar-refractivity contribution >= 4 is 35.2 Å². The Hall–Kier alpha value is -3.00. The molecule has 9 heteroatoms. The van der Waals surface area contributed by atoms with Gasteiger partial charge in [0.1, 0.15) is 11.6 Å². The summed E-state index contributed by atoms with van der Waals surface area (Å²) in [7, 11) is 0. The van der Waals surface area contributed by atoms with Crippen molar-refractivity contribution < 1.29 is 23.5 Å². The molecule has 1 N–H and O–H groups in total. The van der Waals surface area contributed by atoms with E-state index in [0.717, 1.165) is 0 Å². The fourth-order valence-electron chi connectivity index (χ4n) is 3.09. The van der Waals surface area contributed by atoms with Crippen LogP contribution in [0.4, 0.5) is 10.2 Å². The molecular formula is C21H21ClFN3O4. The summed E-state index contributed by atoms with van der Waals surface area (Å²) in [4.78, 5) is 42.7. The fourth-order valence-corrected chi connectivity index (χ4v) is 3.21. The predicted molar refractivity (Wildman–Crippen MR) is 108 cm³/mol. The summed E-state index contributed by atoms with van der Waals surface area (Å²) in [6, 6.07) is 8.49. The number of piperidine rings is 1. The summed E-state index contributed by atoms with van der Waals surface area (Å²) in [5, 5.41) is 3.00. The van der Waals surface area contributed by atoms with E-state index in [1.807, 2.05) is 0 Å². The number of carbonyl (C=O) groups is 3. The number of rotatable bonds is 5. The molecule has 1 aromatic heterocycles. The van der Waals surface area contributed by atoms with Gasteiger partial charge in [-0.3, -0.25) is 14.4 Å². The van der Waals surface area contributed by atoms with Crippen LogP contribution >= 0.6 is 11.6 Å². The second-order valence-corrected chi connectivity index (χ2v) is 7.44. The summed E-state index contributed by atoms with van der Waals surface area (Å²) in [6.45, 7) is 2.24. The highest BCUT2D eigenvalue weighted by atomic mass is 35.5. The average Bonchev–Trinajstić information content (AvgIpc) is 2.75. The highest BCUT2D eigenvalue weighted by Crippen LogP contribution is 2.21. The van der Waals surface area contributed by atoms with Crippen molar-refractivity contribution in [3.05, 3.63) is 59.0 Å². The molecule has 7 nitrogen and oxygen atoms in total. The Morgan fingerprint density at radius 2 is 1.83 bits per heavy atom. The van der Waals surface area contributed by atoms with Crippen molar-refractivity contribution in [1.82, 2.24) is 9.88 Å². The number of hydrogen-bond donors (Lipinski definition) is 1. The number of anilines is 1. The fraction of sp³-hybridized carbons (Fsp3) is 0.333. The van der Waals surface area contributed by atoms with E-state index in [1.165, 1.54) is 37.4 Å². The number of pyridine rings is 1. The lowest BCUT2D eigenvalue weighted by molar-refractivity contribution is -0.158. The number of halogens is 2. The van der Waals surface area contributed by atoms with Crippen molar-refractivity contribution in [2.24, 2.45) is 5.92 Å².